The van der Waals surface area contributed by atoms with Crippen LogP contribution in [0.15, 0.2) is 21.5 Å². The lowest BCUT2D eigenvalue weighted by atomic mass is 10.3. The fraction of sp³-hybridized carbons (Fsp3) is 0.455. The van der Waals surface area contributed by atoms with Gasteiger partial charge in [0, 0.05) is 30.9 Å². The van der Waals surface area contributed by atoms with E-state index in [0.29, 0.717) is 17.6 Å². The Morgan fingerprint density at radius 2 is 2.11 bits per heavy atom. The summed E-state index contributed by atoms with van der Waals surface area (Å²) >= 11 is 9.07. The van der Waals surface area contributed by atoms with Gasteiger partial charge in [-0.25, -0.2) is 8.42 Å². The van der Waals surface area contributed by atoms with E-state index in [1.54, 1.807) is 6.92 Å². The second-order valence-corrected chi connectivity index (χ2v) is 6.93. The van der Waals surface area contributed by atoms with E-state index in [-0.39, 0.29) is 22.2 Å². The Labute approximate surface area is 126 Å². The van der Waals surface area contributed by atoms with Crippen LogP contribution in [0.4, 0.5) is 5.69 Å². The Bertz CT molecular complexity index is 551. The molecule has 0 saturated heterocycles. The molecule has 2 N–H and O–H groups in total. The number of nitrogens with two attached hydrogens (primary N) is 1. The number of hydrogen-bond acceptors (Lipinski definition) is 4. The van der Waals surface area contributed by atoms with Crippen LogP contribution in [0, 0.1) is 0 Å². The van der Waals surface area contributed by atoms with Crippen molar-refractivity contribution in [1.29, 1.82) is 0 Å². The lowest BCUT2D eigenvalue weighted by Crippen LogP contribution is -2.34. The molecule has 0 atom stereocenters. The van der Waals surface area contributed by atoms with Gasteiger partial charge >= 0.3 is 0 Å². The van der Waals surface area contributed by atoms with Gasteiger partial charge in [-0.05, 0) is 28.1 Å². The molecule has 108 valence electrons. The highest BCUT2D eigenvalue weighted by atomic mass is 79.9. The van der Waals surface area contributed by atoms with Crippen molar-refractivity contribution in [3.63, 3.8) is 0 Å². The molecule has 5 nitrogen and oxygen atoms in total. The maximum Gasteiger partial charge on any atom is 0.244 e. The molecule has 19 heavy (non-hydrogen) atoms. The van der Waals surface area contributed by atoms with Gasteiger partial charge in [-0.15, -0.1) is 0 Å². The van der Waals surface area contributed by atoms with Crippen LogP contribution >= 0.6 is 27.5 Å². The maximum absolute atomic E-state index is 12.5. The molecule has 1 aromatic carbocycles. The maximum atomic E-state index is 12.5. The Morgan fingerprint density at radius 3 is 2.63 bits per heavy atom. The molecule has 0 saturated carbocycles. The van der Waals surface area contributed by atoms with Crippen molar-refractivity contribution >= 4 is 43.2 Å². The second kappa shape index (κ2) is 6.90. The van der Waals surface area contributed by atoms with Crippen LogP contribution in [0.3, 0.4) is 0 Å². The first-order valence-electron chi connectivity index (χ1n) is 5.58. The summed E-state index contributed by atoms with van der Waals surface area (Å²) in [6.07, 6.45) is 0. The number of anilines is 1. The summed E-state index contributed by atoms with van der Waals surface area (Å²) in [5, 5.41) is 0.280. The summed E-state index contributed by atoms with van der Waals surface area (Å²) in [4.78, 5) is 0.0652. The van der Waals surface area contributed by atoms with Crippen molar-refractivity contribution in [2.24, 2.45) is 0 Å². The number of methoxy groups -OCH3 is 1. The van der Waals surface area contributed by atoms with Crippen LogP contribution in [-0.4, -0.2) is 39.5 Å². The van der Waals surface area contributed by atoms with E-state index >= 15 is 0 Å². The van der Waals surface area contributed by atoms with Crippen molar-refractivity contribution in [2.45, 2.75) is 11.8 Å². The summed E-state index contributed by atoms with van der Waals surface area (Å²) in [5.41, 5.74) is 6.01. The third-order valence-electron chi connectivity index (χ3n) is 2.55. The number of halogens is 2. The van der Waals surface area contributed by atoms with Gasteiger partial charge in [0.25, 0.3) is 0 Å². The average Bonchev–Trinajstić information content (AvgIpc) is 2.34. The van der Waals surface area contributed by atoms with Gasteiger partial charge in [-0.2, -0.15) is 4.31 Å². The van der Waals surface area contributed by atoms with Crippen molar-refractivity contribution in [3.8, 4) is 0 Å². The minimum Gasteiger partial charge on any atom is -0.398 e. The predicted molar refractivity (Wildman–Crippen MR) is 79.9 cm³/mol. The van der Waals surface area contributed by atoms with Gasteiger partial charge in [0.15, 0.2) is 0 Å². The van der Waals surface area contributed by atoms with E-state index in [0.717, 1.165) is 0 Å². The van der Waals surface area contributed by atoms with Gasteiger partial charge in [-0.1, -0.05) is 18.5 Å². The normalized spacial score (nSPS) is 12.1. The van der Waals surface area contributed by atoms with Crippen molar-refractivity contribution < 1.29 is 13.2 Å². The second-order valence-electron chi connectivity index (χ2n) is 3.80. The van der Waals surface area contributed by atoms with Gasteiger partial charge in [-0.3, -0.25) is 0 Å². The molecule has 0 bridgehead atoms. The topological polar surface area (TPSA) is 72.6 Å². The summed E-state index contributed by atoms with van der Waals surface area (Å²) in [7, 11) is -2.14. The summed E-state index contributed by atoms with van der Waals surface area (Å²) in [5.74, 6) is 0. The Hall–Kier alpha value is -0.340. The van der Waals surface area contributed by atoms with Gasteiger partial charge < -0.3 is 10.5 Å². The summed E-state index contributed by atoms with van der Waals surface area (Å²) < 4.78 is 31.6. The smallest absolute Gasteiger partial charge is 0.244 e. The van der Waals surface area contributed by atoms with Crippen molar-refractivity contribution in [1.82, 2.24) is 4.31 Å². The first-order valence-corrected chi connectivity index (χ1v) is 8.19. The highest BCUT2D eigenvalue weighted by molar-refractivity contribution is 9.10. The Morgan fingerprint density at radius 1 is 1.47 bits per heavy atom. The third-order valence-corrected chi connectivity index (χ3v) is 5.91. The SMILES string of the molecule is CCN(CCOC)S(=O)(=O)c1cc(Cl)cc(N)c1Br. The zero-order valence-corrected chi connectivity index (χ0v) is 13.8. The van der Waals surface area contributed by atoms with Gasteiger partial charge in [0.1, 0.15) is 0 Å². The van der Waals surface area contributed by atoms with Crippen LogP contribution in [0.5, 0.6) is 0 Å². The van der Waals surface area contributed by atoms with E-state index in [1.165, 1.54) is 23.5 Å². The number of likely N-dealkylation sites (N-methyl/N-ethyl adjacent to an activating group) is 1. The molecule has 0 aromatic heterocycles. The van der Waals surface area contributed by atoms with E-state index in [2.05, 4.69) is 15.9 Å². The fourth-order valence-corrected chi connectivity index (χ4v) is 4.24. The molecule has 1 aromatic rings. The molecule has 0 unspecified atom stereocenters. The zero-order valence-electron chi connectivity index (χ0n) is 10.7. The molecule has 0 heterocycles. The summed E-state index contributed by atoms with van der Waals surface area (Å²) in [6, 6.07) is 2.88. The molecular formula is C11H16BrClN2O3S. The largest absolute Gasteiger partial charge is 0.398 e. The van der Waals surface area contributed by atoms with Crippen LogP contribution in [0.25, 0.3) is 0 Å². The van der Waals surface area contributed by atoms with E-state index in [4.69, 9.17) is 22.1 Å². The average molecular weight is 372 g/mol. The lowest BCUT2D eigenvalue weighted by Gasteiger charge is -2.21. The number of nitrogen functional groups attached to an aromatic ring is 1. The lowest BCUT2D eigenvalue weighted by molar-refractivity contribution is 0.180. The van der Waals surface area contributed by atoms with Crippen LogP contribution in [0.1, 0.15) is 6.92 Å². The summed E-state index contributed by atoms with van der Waals surface area (Å²) in [6.45, 7) is 2.69. The molecule has 1 rings (SSSR count). The highest BCUT2D eigenvalue weighted by Crippen LogP contribution is 2.33. The number of sulfonamides is 1. The Kier molecular flexibility index (Phi) is 6.07. The van der Waals surface area contributed by atoms with E-state index < -0.39 is 10.0 Å². The molecule has 0 spiro atoms. The van der Waals surface area contributed by atoms with E-state index in [1.807, 2.05) is 0 Å². The molecule has 0 aliphatic heterocycles. The minimum absolute atomic E-state index is 0.0652. The monoisotopic (exact) mass is 370 g/mol. The standard InChI is InChI=1S/C11H16BrClN2O3S/c1-3-15(4-5-18-2)19(16,17)10-7-8(13)6-9(14)11(10)12/h6-7H,3-5,14H2,1-2H3. The number of nitrogens with zero attached hydrogens (tertiary/aromatic N) is 1. The molecule has 0 radical (unpaired) electrons. The molecule has 0 fully saturated rings. The molecule has 0 aliphatic rings. The fourth-order valence-electron chi connectivity index (χ4n) is 1.55. The van der Waals surface area contributed by atoms with Crippen LogP contribution in [-0.2, 0) is 14.8 Å². The first kappa shape index (κ1) is 16.7. The number of hydrogen-bond donors (Lipinski definition) is 1. The van der Waals surface area contributed by atoms with Crippen LogP contribution < -0.4 is 5.73 Å². The molecule has 8 heteroatoms. The van der Waals surface area contributed by atoms with Crippen LogP contribution in [0.2, 0.25) is 5.02 Å². The molecular weight excluding hydrogens is 356 g/mol. The number of ether oxygens (including phenoxy) is 1. The minimum atomic E-state index is -3.66. The van der Waals surface area contributed by atoms with Gasteiger partial charge in [0.05, 0.1) is 16.0 Å². The van der Waals surface area contributed by atoms with E-state index in [9.17, 15) is 8.42 Å². The molecule has 0 amide bonds. The third kappa shape index (κ3) is 3.82. The Balaban J connectivity index is 3.25. The number of benzene rings is 1. The van der Waals surface area contributed by atoms with Crippen molar-refractivity contribution in [3.05, 3.63) is 21.6 Å². The number of rotatable bonds is 6. The predicted octanol–water partition coefficient (Wildman–Crippen LogP) is 2.34. The van der Waals surface area contributed by atoms with Gasteiger partial charge in [0.2, 0.25) is 10.0 Å². The molecule has 0 aliphatic carbocycles. The zero-order chi connectivity index (χ0) is 14.6. The first-order chi connectivity index (χ1) is 8.84. The highest BCUT2D eigenvalue weighted by Gasteiger charge is 2.26. The van der Waals surface area contributed by atoms with Crippen molar-refractivity contribution in [2.75, 3.05) is 32.5 Å². The quantitative estimate of drug-likeness (QED) is 0.779.